The molecule has 0 amide bonds. The van der Waals surface area contributed by atoms with E-state index in [0.29, 0.717) is 12.1 Å². The van der Waals surface area contributed by atoms with Crippen LogP contribution in [0.4, 0.5) is 11.4 Å². The number of nitrogens with one attached hydrogen (secondary N) is 1. The molecule has 5 heteroatoms. The van der Waals surface area contributed by atoms with E-state index in [1.165, 1.54) is 21.9 Å². The number of nitriles is 1. The number of para-hydroxylation sites is 1. The Hall–Kier alpha value is -6.48. The molecule has 0 fully saturated rings. The molecular weight excluding hydrogens is 635 g/mol. The molecule has 0 spiro atoms. The number of rotatable bonds is 8. The van der Waals surface area contributed by atoms with Gasteiger partial charge < -0.3 is 9.47 Å². The van der Waals surface area contributed by atoms with E-state index in [-0.39, 0.29) is 17.6 Å². The molecule has 0 bridgehead atoms. The first kappa shape index (κ1) is 31.5. The van der Waals surface area contributed by atoms with Gasteiger partial charge in [0.2, 0.25) is 0 Å². The minimum atomic E-state index is -0.315. The highest BCUT2D eigenvalue weighted by atomic mass is 15.2. The Morgan fingerprint density at radius 1 is 0.769 bits per heavy atom. The van der Waals surface area contributed by atoms with E-state index < -0.39 is 0 Å². The summed E-state index contributed by atoms with van der Waals surface area (Å²) in [5.74, 6) is 0.164. The van der Waals surface area contributed by atoms with Crippen molar-refractivity contribution in [1.82, 2.24) is 9.88 Å². The molecular formula is C47H37N5. The minimum absolute atomic E-state index is 0.164. The number of hydrogen-bond acceptors (Lipinski definition) is 4. The predicted octanol–water partition coefficient (Wildman–Crippen LogP) is 10.7. The average molecular weight is 672 g/mol. The molecule has 6 aromatic carbocycles. The number of fused-ring (bicyclic) bond motifs is 6. The smallest absolute Gasteiger partial charge is 0.125 e. The summed E-state index contributed by atoms with van der Waals surface area (Å²) in [6.45, 7) is 3.01. The Morgan fingerprint density at radius 3 is 2.38 bits per heavy atom. The topological polar surface area (TPSA) is 56.4 Å². The van der Waals surface area contributed by atoms with Crippen molar-refractivity contribution in [3.05, 3.63) is 198 Å². The van der Waals surface area contributed by atoms with Gasteiger partial charge in [-0.15, -0.1) is 0 Å². The molecule has 52 heavy (non-hydrogen) atoms. The van der Waals surface area contributed by atoms with Gasteiger partial charge in [-0.05, 0) is 77.7 Å². The number of aliphatic imine (C=N–C) groups is 1. The first-order valence-corrected chi connectivity index (χ1v) is 17.8. The molecule has 3 unspecified atom stereocenters. The molecule has 1 aliphatic carbocycles. The molecule has 3 atom stereocenters. The lowest BCUT2D eigenvalue weighted by atomic mass is 9.80. The van der Waals surface area contributed by atoms with Crippen molar-refractivity contribution in [3.63, 3.8) is 0 Å². The fourth-order valence-corrected chi connectivity index (χ4v) is 8.10. The molecule has 5 nitrogen and oxygen atoms in total. The van der Waals surface area contributed by atoms with Gasteiger partial charge in [-0.25, -0.2) is 0 Å². The first-order chi connectivity index (χ1) is 25.6. The summed E-state index contributed by atoms with van der Waals surface area (Å²) >= 11 is 0. The highest BCUT2D eigenvalue weighted by Crippen LogP contribution is 2.55. The maximum Gasteiger partial charge on any atom is 0.125 e. The first-order valence-electron chi connectivity index (χ1n) is 17.8. The maximum atomic E-state index is 9.79. The Kier molecular flexibility index (Phi) is 7.88. The fourth-order valence-electron chi connectivity index (χ4n) is 8.10. The van der Waals surface area contributed by atoms with E-state index >= 15 is 0 Å². The van der Waals surface area contributed by atoms with Gasteiger partial charge in [0.05, 0.1) is 28.2 Å². The van der Waals surface area contributed by atoms with Crippen LogP contribution in [0, 0.1) is 11.3 Å². The Morgan fingerprint density at radius 2 is 1.54 bits per heavy atom. The van der Waals surface area contributed by atoms with Crippen molar-refractivity contribution in [1.29, 1.82) is 5.26 Å². The van der Waals surface area contributed by atoms with Gasteiger partial charge in [-0.3, -0.25) is 10.3 Å². The van der Waals surface area contributed by atoms with Crippen LogP contribution >= 0.6 is 0 Å². The fraction of sp³-hybridized carbons (Fsp3) is 0.106. The summed E-state index contributed by atoms with van der Waals surface area (Å²) in [5, 5.41) is 15.9. The van der Waals surface area contributed by atoms with Crippen molar-refractivity contribution < 1.29 is 0 Å². The monoisotopic (exact) mass is 671 g/mol. The van der Waals surface area contributed by atoms with Gasteiger partial charge in [0.25, 0.3) is 0 Å². The average Bonchev–Trinajstić information content (AvgIpc) is 3.66. The number of anilines is 2. The van der Waals surface area contributed by atoms with Crippen molar-refractivity contribution in [2.45, 2.75) is 31.1 Å². The molecule has 2 aliphatic rings. The van der Waals surface area contributed by atoms with Gasteiger partial charge in [-0.2, -0.15) is 5.26 Å². The molecule has 7 aromatic rings. The zero-order chi connectivity index (χ0) is 35.1. The standard InChI is InChI=1S/C47H37N5/c1-47-25-11-10-23-42(47)41-28-40-39-22-8-9-24-43(39)51(44(40)29-45(41)52(47)38-21-12-16-34(26-38)30-48)37-20-13-17-35(27-37)32-50-46(36-18-6-3-7-19-36)49-31-33-14-4-2-5-15-33/h2-29,32,42,46,49H,31H2,1H3/b50-32+. The van der Waals surface area contributed by atoms with Crippen molar-refractivity contribution in [3.8, 4) is 11.8 Å². The molecule has 250 valence electrons. The van der Waals surface area contributed by atoms with Gasteiger partial charge in [-0.1, -0.05) is 121 Å². The number of nitrogens with zero attached hydrogens (tertiary/aromatic N) is 4. The van der Waals surface area contributed by atoms with Crippen LogP contribution < -0.4 is 10.2 Å². The van der Waals surface area contributed by atoms with Crippen LogP contribution in [-0.2, 0) is 6.54 Å². The molecule has 1 aromatic heterocycles. The van der Waals surface area contributed by atoms with Crippen LogP contribution in [0.25, 0.3) is 27.5 Å². The van der Waals surface area contributed by atoms with E-state index in [9.17, 15) is 5.26 Å². The Labute approximate surface area is 304 Å². The minimum Gasteiger partial charge on any atom is -0.331 e. The molecule has 1 N–H and O–H groups in total. The molecule has 1 aliphatic heterocycles. The summed E-state index contributed by atoms with van der Waals surface area (Å²) in [5.41, 5.74) is 10.5. The van der Waals surface area contributed by atoms with E-state index in [1.54, 1.807) is 0 Å². The predicted molar refractivity (Wildman–Crippen MR) is 214 cm³/mol. The Bertz CT molecular complexity index is 2570. The third kappa shape index (κ3) is 5.42. The molecule has 2 heterocycles. The third-order valence-corrected chi connectivity index (χ3v) is 10.5. The van der Waals surface area contributed by atoms with Crippen LogP contribution in [0.3, 0.4) is 0 Å². The van der Waals surface area contributed by atoms with E-state index in [1.807, 2.05) is 36.5 Å². The highest BCUT2D eigenvalue weighted by Gasteiger charge is 2.47. The zero-order valence-electron chi connectivity index (χ0n) is 28.9. The van der Waals surface area contributed by atoms with Crippen LogP contribution in [0.1, 0.15) is 46.8 Å². The Balaban J connectivity index is 1.16. The number of allylic oxidation sites excluding steroid dienone is 2. The second-order valence-electron chi connectivity index (χ2n) is 13.8. The zero-order valence-corrected chi connectivity index (χ0v) is 28.9. The summed E-state index contributed by atoms with van der Waals surface area (Å²) < 4.78 is 2.38. The van der Waals surface area contributed by atoms with Gasteiger partial charge in [0.15, 0.2) is 0 Å². The molecule has 0 saturated carbocycles. The SMILES string of the molecule is CC12C=CC=CC1c1cc3c4ccccc4n(-c4cccc(/C=N/C(NCc5ccccc5)c5ccccc5)c4)c3cc1N2c1cccc(C#N)c1. The van der Waals surface area contributed by atoms with Crippen LogP contribution in [0.15, 0.2) is 175 Å². The second-order valence-corrected chi connectivity index (χ2v) is 13.8. The van der Waals surface area contributed by atoms with Crippen molar-refractivity contribution >= 4 is 39.4 Å². The van der Waals surface area contributed by atoms with Crippen LogP contribution in [0.5, 0.6) is 0 Å². The lowest BCUT2D eigenvalue weighted by Gasteiger charge is -2.39. The molecule has 0 saturated heterocycles. The summed E-state index contributed by atoms with van der Waals surface area (Å²) in [6.07, 6.45) is 10.7. The lowest BCUT2D eigenvalue weighted by molar-refractivity contribution is 0.542. The quantitative estimate of drug-likeness (QED) is 0.164. The summed E-state index contributed by atoms with van der Waals surface area (Å²) in [6, 6.07) is 53.2. The number of hydrogen-bond donors (Lipinski definition) is 1. The maximum absolute atomic E-state index is 9.79. The number of aromatic nitrogens is 1. The van der Waals surface area contributed by atoms with Crippen LogP contribution in [-0.4, -0.2) is 16.3 Å². The summed E-state index contributed by atoms with van der Waals surface area (Å²) in [4.78, 5) is 7.51. The largest absolute Gasteiger partial charge is 0.331 e. The van der Waals surface area contributed by atoms with Crippen molar-refractivity contribution in [2.75, 3.05) is 4.90 Å². The number of benzene rings is 6. The van der Waals surface area contributed by atoms with Gasteiger partial charge in [0.1, 0.15) is 6.17 Å². The van der Waals surface area contributed by atoms with Crippen molar-refractivity contribution in [2.24, 2.45) is 4.99 Å². The lowest BCUT2D eigenvalue weighted by Crippen LogP contribution is -2.41. The van der Waals surface area contributed by atoms with Crippen LogP contribution in [0.2, 0.25) is 0 Å². The molecule has 9 rings (SSSR count). The molecule has 0 radical (unpaired) electrons. The van der Waals surface area contributed by atoms with Gasteiger partial charge in [0, 0.05) is 46.5 Å². The summed E-state index contributed by atoms with van der Waals surface area (Å²) in [7, 11) is 0. The van der Waals surface area contributed by atoms with E-state index in [2.05, 4.69) is 167 Å². The second kappa shape index (κ2) is 13.0. The highest BCUT2D eigenvalue weighted by molar-refractivity contribution is 6.11. The van der Waals surface area contributed by atoms with E-state index in [0.717, 1.165) is 39.2 Å². The normalized spacial score (nSPS) is 18.2. The van der Waals surface area contributed by atoms with E-state index in [4.69, 9.17) is 4.99 Å². The third-order valence-electron chi connectivity index (χ3n) is 10.5. The van der Waals surface area contributed by atoms with Gasteiger partial charge >= 0.3 is 0 Å².